The molecule has 0 aromatic carbocycles. The van der Waals surface area contributed by atoms with Crippen LogP contribution in [0.3, 0.4) is 0 Å². The van der Waals surface area contributed by atoms with Gasteiger partial charge in [0.15, 0.2) is 0 Å². The van der Waals surface area contributed by atoms with Gasteiger partial charge in [-0.25, -0.2) is 0 Å². The fourth-order valence-corrected chi connectivity index (χ4v) is 0.760. The van der Waals surface area contributed by atoms with E-state index < -0.39 is 0 Å². The molecule has 1 rings (SSSR count). The van der Waals surface area contributed by atoms with Gasteiger partial charge in [-0.15, -0.1) is 0 Å². The van der Waals surface area contributed by atoms with Crippen LogP contribution >= 0.6 is 0 Å². The van der Waals surface area contributed by atoms with Crippen molar-refractivity contribution in [2.75, 3.05) is 7.11 Å². The average molecular weight is 178 g/mol. The molecule has 0 atom stereocenters. The smallest absolute Gasteiger partial charge is 0.317 e. The van der Waals surface area contributed by atoms with E-state index in [4.69, 9.17) is 0 Å². The Balaban J connectivity index is 2.58. The number of H-pyrrole nitrogens is 1. The lowest BCUT2D eigenvalue weighted by Gasteiger charge is -1.88. The van der Waals surface area contributed by atoms with E-state index in [2.05, 4.69) is 26.8 Å². The van der Waals surface area contributed by atoms with Crippen LogP contribution in [0.15, 0.2) is 6.20 Å². The average Bonchev–Trinajstić information content (AvgIpc) is 2.52. The molecule has 0 aliphatic carbocycles. The molecule has 13 heavy (non-hydrogen) atoms. The first-order valence-electron chi connectivity index (χ1n) is 3.79. The van der Waals surface area contributed by atoms with Crippen molar-refractivity contribution in [2.45, 2.75) is 13.3 Å². The maximum absolute atomic E-state index is 10.7. The molecule has 0 spiro atoms. The summed E-state index contributed by atoms with van der Waals surface area (Å²) in [6.45, 7) is 1.87. The zero-order valence-electron chi connectivity index (χ0n) is 7.55. The summed E-state index contributed by atoms with van der Waals surface area (Å²) in [7, 11) is 1.34. The molecule has 0 aliphatic heterocycles. The van der Waals surface area contributed by atoms with Gasteiger partial charge in [0.05, 0.1) is 18.9 Å². The SMILES string of the molecule is COC(=O)CC#Cc1cn[nH]c1C. The number of ether oxygens (including phenoxy) is 1. The summed E-state index contributed by atoms with van der Waals surface area (Å²) in [6, 6.07) is 0. The highest BCUT2D eigenvalue weighted by molar-refractivity contribution is 5.72. The lowest BCUT2D eigenvalue weighted by atomic mass is 10.2. The molecule has 68 valence electrons. The number of hydrogen-bond donors (Lipinski definition) is 1. The molecule has 0 unspecified atom stereocenters. The molecule has 0 saturated heterocycles. The van der Waals surface area contributed by atoms with Crippen LogP contribution in [0.1, 0.15) is 17.7 Å². The van der Waals surface area contributed by atoms with E-state index in [1.54, 1.807) is 6.20 Å². The van der Waals surface area contributed by atoms with E-state index in [0.29, 0.717) is 0 Å². The number of carbonyl (C=O) groups excluding carboxylic acids is 1. The second kappa shape index (κ2) is 4.31. The van der Waals surface area contributed by atoms with Crippen LogP contribution in [0, 0.1) is 18.8 Å². The number of aryl methyl sites for hydroxylation is 1. The maximum atomic E-state index is 10.7. The molecule has 0 saturated carbocycles. The zero-order valence-corrected chi connectivity index (χ0v) is 7.55. The van der Waals surface area contributed by atoms with Gasteiger partial charge < -0.3 is 4.74 Å². The van der Waals surface area contributed by atoms with Crippen LogP contribution in [0.25, 0.3) is 0 Å². The van der Waals surface area contributed by atoms with Gasteiger partial charge in [0.2, 0.25) is 0 Å². The van der Waals surface area contributed by atoms with Crippen LogP contribution in [-0.2, 0) is 9.53 Å². The quantitative estimate of drug-likeness (QED) is 0.507. The van der Waals surface area contributed by atoms with E-state index >= 15 is 0 Å². The minimum atomic E-state index is -0.325. The summed E-state index contributed by atoms with van der Waals surface area (Å²) >= 11 is 0. The van der Waals surface area contributed by atoms with Crippen LogP contribution < -0.4 is 0 Å². The van der Waals surface area contributed by atoms with Gasteiger partial charge in [0.25, 0.3) is 0 Å². The summed E-state index contributed by atoms with van der Waals surface area (Å²) in [5, 5.41) is 6.55. The lowest BCUT2D eigenvalue weighted by molar-refractivity contribution is -0.139. The van der Waals surface area contributed by atoms with Gasteiger partial charge in [0.1, 0.15) is 6.42 Å². The highest BCUT2D eigenvalue weighted by atomic mass is 16.5. The topological polar surface area (TPSA) is 55.0 Å². The van der Waals surface area contributed by atoms with Crippen LogP contribution in [0.2, 0.25) is 0 Å². The number of nitrogens with one attached hydrogen (secondary N) is 1. The van der Waals surface area contributed by atoms with Crippen molar-refractivity contribution in [1.82, 2.24) is 10.2 Å². The fraction of sp³-hybridized carbons (Fsp3) is 0.333. The molecule has 4 heteroatoms. The standard InChI is InChI=1S/C9H10N2O2/c1-7-8(6-10-11-7)4-3-5-9(12)13-2/h6H,5H2,1-2H3,(H,10,11). The predicted octanol–water partition coefficient (Wildman–Crippen LogP) is 0.633. The maximum Gasteiger partial charge on any atom is 0.317 e. The normalized spacial score (nSPS) is 8.77. The molecule has 0 radical (unpaired) electrons. The number of esters is 1. The Morgan fingerprint density at radius 1 is 1.77 bits per heavy atom. The van der Waals surface area contributed by atoms with Crippen molar-refractivity contribution in [3.63, 3.8) is 0 Å². The molecule has 0 bridgehead atoms. The van der Waals surface area contributed by atoms with Gasteiger partial charge in [-0.3, -0.25) is 9.89 Å². The van der Waals surface area contributed by atoms with Gasteiger partial charge in [-0.1, -0.05) is 11.8 Å². The second-order valence-corrected chi connectivity index (χ2v) is 2.46. The summed E-state index contributed by atoms with van der Waals surface area (Å²) in [4.78, 5) is 10.7. The molecule has 1 aromatic heterocycles. The third-order valence-electron chi connectivity index (χ3n) is 1.51. The molecule has 4 nitrogen and oxygen atoms in total. The first-order valence-corrected chi connectivity index (χ1v) is 3.79. The highest BCUT2D eigenvalue weighted by Crippen LogP contribution is 1.98. The zero-order chi connectivity index (χ0) is 9.68. The number of hydrogen-bond acceptors (Lipinski definition) is 3. The van der Waals surface area contributed by atoms with Crippen molar-refractivity contribution >= 4 is 5.97 Å². The molecule has 0 amide bonds. The Morgan fingerprint density at radius 3 is 3.08 bits per heavy atom. The van der Waals surface area contributed by atoms with Gasteiger partial charge >= 0.3 is 5.97 Å². The summed E-state index contributed by atoms with van der Waals surface area (Å²) < 4.78 is 4.43. The molecule has 0 fully saturated rings. The van der Waals surface area contributed by atoms with Gasteiger partial charge in [-0.2, -0.15) is 5.10 Å². The monoisotopic (exact) mass is 178 g/mol. The third kappa shape index (κ3) is 2.64. The predicted molar refractivity (Wildman–Crippen MR) is 46.8 cm³/mol. The highest BCUT2D eigenvalue weighted by Gasteiger charge is 1.96. The second-order valence-electron chi connectivity index (χ2n) is 2.46. The van der Waals surface area contributed by atoms with Gasteiger partial charge in [0, 0.05) is 5.69 Å². The molecule has 1 heterocycles. The largest absolute Gasteiger partial charge is 0.468 e. The van der Waals surface area contributed by atoms with Crippen LogP contribution in [-0.4, -0.2) is 23.3 Å². The number of rotatable bonds is 1. The summed E-state index contributed by atoms with van der Waals surface area (Å²) in [6.07, 6.45) is 1.74. The Hall–Kier alpha value is -1.76. The van der Waals surface area contributed by atoms with Crippen LogP contribution in [0.4, 0.5) is 0 Å². The Morgan fingerprint density at radius 2 is 2.54 bits per heavy atom. The first-order chi connectivity index (χ1) is 6.24. The number of methoxy groups -OCH3 is 1. The number of aromatic amines is 1. The molecule has 1 aromatic rings. The van der Waals surface area contributed by atoms with Gasteiger partial charge in [-0.05, 0) is 6.92 Å². The minimum absolute atomic E-state index is 0.112. The van der Waals surface area contributed by atoms with Crippen LogP contribution in [0.5, 0.6) is 0 Å². The van der Waals surface area contributed by atoms with Crippen molar-refractivity contribution in [3.8, 4) is 11.8 Å². The van der Waals surface area contributed by atoms with E-state index in [1.807, 2.05) is 6.92 Å². The lowest BCUT2D eigenvalue weighted by Crippen LogP contribution is -1.97. The summed E-state index contributed by atoms with van der Waals surface area (Å²) in [5.74, 6) is 5.18. The van der Waals surface area contributed by atoms with Crippen molar-refractivity contribution < 1.29 is 9.53 Å². The first kappa shape index (κ1) is 9.33. The van der Waals surface area contributed by atoms with E-state index in [-0.39, 0.29) is 12.4 Å². The van der Waals surface area contributed by atoms with E-state index in [1.165, 1.54) is 7.11 Å². The number of nitrogens with zero attached hydrogens (tertiary/aromatic N) is 1. The molecule has 1 N–H and O–H groups in total. The Bertz CT molecular complexity index is 357. The van der Waals surface area contributed by atoms with Crippen molar-refractivity contribution in [3.05, 3.63) is 17.5 Å². The third-order valence-corrected chi connectivity index (χ3v) is 1.51. The fourth-order valence-electron chi connectivity index (χ4n) is 0.760. The molecular weight excluding hydrogens is 168 g/mol. The number of carbonyl (C=O) groups is 1. The number of aromatic nitrogens is 2. The van der Waals surface area contributed by atoms with E-state index in [9.17, 15) is 4.79 Å². The van der Waals surface area contributed by atoms with Crippen molar-refractivity contribution in [1.29, 1.82) is 0 Å². The minimum Gasteiger partial charge on any atom is -0.468 e. The Labute approximate surface area is 76.3 Å². The molecular formula is C9H10N2O2. The Kier molecular flexibility index (Phi) is 3.09. The molecule has 0 aliphatic rings. The van der Waals surface area contributed by atoms with E-state index in [0.717, 1.165) is 11.3 Å². The van der Waals surface area contributed by atoms with Crippen molar-refractivity contribution in [2.24, 2.45) is 0 Å². The summed E-state index contributed by atoms with van der Waals surface area (Å²) in [5.41, 5.74) is 1.71.